The molecule has 0 saturated heterocycles. The fourth-order valence-corrected chi connectivity index (χ4v) is 1.96. The lowest BCUT2D eigenvalue weighted by Gasteiger charge is -2.29. The molecule has 0 aromatic carbocycles. The molecule has 6 nitrogen and oxygen atoms in total. The summed E-state index contributed by atoms with van der Waals surface area (Å²) in [5.41, 5.74) is -0.0370. The highest BCUT2D eigenvalue weighted by molar-refractivity contribution is 5.93. The highest BCUT2D eigenvalue weighted by atomic mass is 16.3. The number of nitrogens with zero attached hydrogens (tertiary/aromatic N) is 1. The van der Waals surface area contributed by atoms with Crippen LogP contribution in [0.25, 0.3) is 11.5 Å². The second kappa shape index (κ2) is 6.13. The van der Waals surface area contributed by atoms with Crippen molar-refractivity contribution in [3.8, 4) is 11.5 Å². The molecule has 0 aliphatic heterocycles. The zero-order valence-corrected chi connectivity index (χ0v) is 12.5. The summed E-state index contributed by atoms with van der Waals surface area (Å²) in [5, 5.41) is 19.7. The zero-order valence-electron chi connectivity index (χ0n) is 12.5. The smallest absolute Gasteiger partial charge is 0.271 e. The van der Waals surface area contributed by atoms with Gasteiger partial charge in [0.1, 0.15) is 5.69 Å². The Labute approximate surface area is 123 Å². The van der Waals surface area contributed by atoms with E-state index in [1.165, 1.54) is 0 Å². The van der Waals surface area contributed by atoms with Crippen molar-refractivity contribution < 1.29 is 14.3 Å². The van der Waals surface area contributed by atoms with Crippen LogP contribution in [0, 0.1) is 5.92 Å². The third-order valence-electron chi connectivity index (χ3n) is 3.88. The van der Waals surface area contributed by atoms with Gasteiger partial charge in [0.2, 0.25) is 0 Å². The molecule has 0 spiro atoms. The molecule has 2 rings (SSSR count). The summed E-state index contributed by atoms with van der Waals surface area (Å²) in [6.07, 6.45) is 2.40. The van der Waals surface area contributed by atoms with Crippen LogP contribution in [0.5, 0.6) is 0 Å². The number of rotatable bonds is 6. The second-order valence-corrected chi connectivity index (χ2v) is 5.49. The molecular formula is C15H21N3O3. The molecule has 2 unspecified atom stereocenters. The van der Waals surface area contributed by atoms with Crippen molar-refractivity contribution in [2.75, 3.05) is 6.54 Å². The molecule has 2 aromatic heterocycles. The Balaban J connectivity index is 1.98. The van der Waals surface area contributed by atoms with Crippen LogP contribution in [0.15, 0.2) is 28.9 Å². The highest BCUT2D eigenvalue weighted by Gasteiger charge is 2.28. The minimum atomic E-state index is -0.940. The number of H-pyrrole nitrogens is 1. The molecule has 0 aliphatic carbocycles. The molecule has 2 atom stereocenters. The number of aliphatic hydroxyl groups is 1. The molecule has 0 bridgehead atoms. The van der Waals surface area contributed by atoms with Gasteiger partial charge < -0.3 is 14.8 Å². The van der Waals surface area contributed by atoms with Gasteiger partial charge in [0, 0.05) is 12.6 Å². The first-order valence-corrected chi connectivity index (χ1v) is 7.04. The number of nitrogens with one attached hydrogen (secondary N) is 2. The molecule has 0 fully saturated rings. The van der Waals surface area contributed by atoms with Gasteiger partial charge in [-0.3, -0.25) is 9.89 Å². The van der Waals surface area contributed by atoms with Crippen molar-refractivity contribution in [2.45, 2.75) is 32.8 Å². The van der Waals surface area contributed by atoms with Gasteiger partial charge in [-0.2, -0.15) is 5.10 Å². The van der Waals surface area contributed by atoms with E-state index in [1.807, 2.05) is 13.8 Å². The number of aromatic amines is 1. The van der Waals surface area contributed by atoms with Crippen LogP contribution in [0.2, 0.25) is 0 Å². The minimum Gasteiger partial charge on any atom is -0.463 e. The number of amides is 1. The first-order valence-electron chi connectivity index (χ1n) is 7.04. The second-order valence-electron chi connectivity index (χ2n) is 5.49. The van der Waals surface area contributed by atoms with Crippen LogP contribution in [0.3, 0.4) is 0 Å². The van der Waals surface area contributed by atoms with Crippen molar-refractivity contribution in [3.05, 3.63) is 30.2 Å². The van der Waals surface area contributed by atoms with Crippen LogP contribution in [-0.2, 0) is 0 Å². The van der Waals surface area contributed by atoms with Crippen molar-refractivity contribution in [2.24, 2.45) is 5.92 Å². The summed E-state index contributed by atoms with van der Waals surface area (Å²) in [5.74, 6) is 0.386. The summed E-state index contributed by atoms with van der Waals surface area (Å²) in [7, 11) is 0. The molecule has 6 heteroatoms. The summed E-state index contributed by atoms with van der Waals surface area (Å²) in [4.78, 5) is 12.0. The van der Waals surface area contributed by atoms with E-state index >= 15 is 0 Å². The number of aromatic nitrogens is 2. The summed E-state index contributed by atoms with van der Waals surface area (Å²) < 4.78 is 5.23. The third kappa shape index (κ3) is 3.52. The predicted octanol–water partition coefficient (Wildman–Crippen LogP) is 2.20. The molecular weight excluding hydrogens is 270 g/mol. The zero-order chi connectivity index (χ0) is 15.5. The Bertz CT molecular complexity index is 587. The maximum absolute atomic E-state index is 12.0. The van der Waals surface area contributed by atoms with Gasteiger partial charge in [-0.25, -0.2) is 0 Å². The average Bonchev–Trinajstić information content (AvgIpc) is 3.13. The predicted molar refractivity (Wildman–Crippen MR) is 78.7 cm³/mol. The van der Waals surface area contributed by atoms with E-state index in [0.717, 1.165) is 6.42 Å². The SMILES string of the molecule is CCC(C)C(C)(O)CNC(=O)c1cc(-c2ccco2)[nH]n1. The maximum atomic E-state index is 12.0. The van der Waals surface area contributed by atoms with Crippen LogP contribution >= 0.6 is 0 Å². The molecule has 3 N–H and O–H groups in total. The van der Waals surface area contributed by atoms with Crippen molar-refractivity contribution in [1.82, 2.24) is 15.5 Å². The van der Waals surface area contributed by atoms with E-state index < -0.39 is 5.60 Å². The lowest BCUT2D eigenvalue weighted by Crippen LogP contribution is -2.45. The molecule has 114 valence electrons. The molecule has 0 saturated carbocycles. The topological polar surface area (TPSA) is 91.1 Å². The Hall–Kier alpha value is -2.08. The van der Waals surface area contributed by atoms with E-state index in [2.05, 4.69) is 15.5 Å². The summed E-state index contributed by atoms with van der Waals surface area (Å²) in [6, 6.07) is 5.16. The molecule has 0 radical (unpaired) electrons. The number of furan rings is 1. The van der Waals surface area contributed by atoms with E-state index in [1.54, 1.807) is 31.4 Å². The quantitative estimate of drug-likeness (QED) is 0.761. The van der Waals surface area contributed by atoms with Crippen molar-refractivity contribution >= 4 is 5.91 Å². The fourth-order valence-electron chi connectivity index (χ4n) is 1.96. The molecule has 1 amide bonds. The fraction of sp³-hybridized carbons (Fsp3) is 0.467. The Kier molecular flexibility index (Phi) is 4.47. The number of carbonyl (C=O) groups is 1. The van der Waals surface area contributed by atoms with Gasteiger partial charge in [0.05, 0.1) is 11.9 Å². The average molecular weight is 291 g/mol. The summed E-state index contributed by atoms with van der Waals surface area (Å²) >= 11 is 0. The Morgan fingerprint density at radius 2 is 2.38 bits per heavy atom. The Morgan fingerprint density at radius 3 is 3.00 bits per heavy atom. The van der Waals surface area contributed by atoms with Crippen LogP contribution in [0.4, 0.5) is 0 Å². The first kappa shape index (κ1) is 15.3. The van der Waals surface area contributed by atoms with E-state index in [4.69, 9.17) is 4.42 Å². The normalized spacial score (nSPS) is 15.4. The van der Waals surface area contributed by atoms with Gasteiger partial charge in [-0.1, -0.05) is 20.3 Å². The van der Waals surface area contributed by atoms with E-state index in [0.29, 0.717) is 11.5 Å². The molecule has 2 aromatic rings. The number of hydrogen-bond acceptors (Lipinski definition) is 4. The highest BCUT2D eigenvalue weighted by Crippen LogP contribution is 2.20. The monoisotopic (exact) mass is 291 g/mol. The molecule has 21 heavy (non-hydrogen) atoms. The van der Waals surface area contributed by atoms with Crippen LogP contribution < -0.4 is 5.32 Å². The Morgan fingerprint density at radius 1 is 1.62 bits per heavy atom. The summed E-state index contributed by atoms with van der Waals surface area (Å²) in [6.45, 7) is 5.87. The van der Waals surface area contributed by atoms with Crippen molar-refractivity contribution in [1.29, 1.82) is 0 Å². The van der Waals surface area contributed by atoms with Gasteiger partial charge in [0.15, 0.2) is 11.5 Å². The number of carbonyl (C=O) groups excluding carboxylic acids is 1. The van der Waals surface area contributed by atoms with Gasteiger partial charge in [-0.05, 0) is 25.0 Å². The first-order chi connectivity index (χ1) is 9.94. The molecule has 0 aliphatic rings. The number of hydrogen-bond donors (Lipinski definition) is 3. The van der Waals surface area contributed by atoms with Gasteiger partial charge in [-0.15, -0.1) is 0 Å². The van der Waals surface area contributed by atoms with E-state index in [-0.39, 0.29) is 24.1 Å². The van der Waals surface area contributed by atoms with Crippen LogP contribution in [0.1, 0.15) is 37.7 Å². The largest absolute Gasteiger partial charge is 0.463 e. The third-order valence-corrected chi connectivity index (χ3v) is 3.88. The van der Waals surface area contributed by atoms with E-state index in [9.17, 15) is 9.90 Å². The molecule has 2 heterocycles. The lowest BCUT2D eigenvalue weighted by atomic mass is 9.88. The van der Waals surface area contributed by atoms with Gasteiger partial charge >= 0.3 is 0 Å². The minimum absolute atomic E-state index is 0.0932. The standard InChI is InChI=1S/C15H21N3O3/c1-4-10(2)15(3,20)9-16-14(19)12-8-11(17-18-12)13-6-5-7-21-13/h5-8,10,20H,4,9H2,1-3H3,(H,16,19)(H,17,18). The van der Waals surface area contributed by atoms with Crippen LogP contribution in [-0.4, -0.2) is 33.4 Å². The van der Waals surface area contributed by atoms with Crippen molar-refractivity contribution in [3.63, 3.8) is 0 Å². The lowest BCUT2D eigenvalue weighted by molar-refractivity contribution is 0.00588. The maximum Gasteiger partial charge on any atom is 0.271 e. The van der Waals surface area contributed by atoms with Gasteiger partial charge in [0.25, 0.3) is 5.91 Å².